The Morgan fingerprint density at radius 1 is 1.07 bits per heavy atom. The lowest BCUT2D eigenvalue weighted by atomic mass is 10.1. The average Bonchev–Trinajstić information content (AvgIpc) is 3.70. The fraction of sp³-hybridized carbons (Fsp3) is 0.161. The first kappa shape index (κ1) is 25.2. The van der Waals surface area contributed by atoms with Crippen molar-refractivity contribution >= 4 is 28.3 Å². The summed E-state index contributed by atoms with van der Waals surface area (Å²) in [5.41, 5.74) is 9.93. The number of para-hydroxylation sites is 1. The van der Waals surface area contributed by atoms with Crippen LogP contribution in [0.4, 0.5) is 5.82 Å². The summed E-state index contributed by atoms with van der Waals surface area (Å²) >= 11 is 0. The number of aryl methyl sites for hydroxylation is 1. The molecule has 1 amide bonds. The van der Waals surface area contributed by atoms with Gasteiger partial charge in [-0.05, 0) is 50.1 Å². The number of carbonyl (C=O) groups excluding carboxylic acids is 1. The molecule has 0 fully saturated rings. The van der Waals surface area contributed by atoms with Crippen LogP contribution in [-0.4, -0.2) is 39.8 Å². The second-order valence-corrected chi connectivity index (χ2v) is 10.1. The number of aromatic nitrogens is 7. The molecule has 206 valence electrons. The maximum atomic E-state index is 14.2. The number of nitrogens with zero attached hydrogens (tertiary/aromatic N) is 7. The molecule has 0 spiro atoms. The van der Waals surface area contributed by atoms with E-state index in [2.05, 4.69) is 32.3 Å². The number of anilines is 1. The van der Waals surface area contributed by atoms with Crippen molar-refractivity contribution in [1.29, 1.82) is 0 Å². The normalized spacial score (nSPS) is 13.1. The molecular weight excluding hydrogens is 530 g/mol. The van der Waals surface area contributed by atoms with Gasteiger partial charge in [0.05, 0.1) is 40.1 Å². The minimum Gasteiger partial charge on any atom is -0.381 e. The van der Waals surface area contributed by atoms with Crippen molar-refractivity contribution in [2.45, 2.75) is 32.4 Å². The second kappa shape index (κ2) is 10.0. The van der Waals surface area contributed by atoms with Crippen molar-refractivity contribution in [2.75, 3.05) is 5.73 Å². The van der Waals surface area contributed by atoms with Crippen molar-refractivity contribution in [3.8, 4) is 17.5 Å². The van der Waals surface area contributed by atoms with Gasteiger partial charge in [-0.2, -0.15) is 5.10 Å². The summed E-state index contributed by atoms with van der Waals surface area (Å²) in [5.74, 6) is 6.37. The van der Waals surface area contributed by atoms with Gasteiger partial charge in [-0.3, -0.25) is 18.8 Å². The van der Waals surface area contributed by atoms with E-state index in [0.29, 0.717) is 33.6 Å². The van der Waals surface area contributed by atoms with Gasteiger partial charge in [-0.25, -0.2) is 14.5 Å². The summed E-state index contributed by atoms with van der Waals surface area (Å²) in [4.78, 5) is 36.8. The zero-order chi connectivity index (χ0) is 28.8. The third-order valence-electron chi connectivity index (χ3n) is 7.39. The average molecular weight is 556 g/mol. The van der Waals surface area contributed by atoms with E-state index >= 15 is 0 Å². The Kier molecular flexibility index (Phi) is 6.01. The lowest BCUT2D eigenvalue weighted by Gasteiger charge is -2.20. The first-order valence-electron chi connectivity index (χ1n) is 13.6. The Balaban J connectivity index is 1.34. The van der Waals surface area contributed by atoms with Gasteiger partial charge in [-0.1, -0.05) is 36.1 Å². The number of hydrogen-bond donors (Lipinski definition) is 2. The standard InChI is InChI=1S/C31H25N9O2/c1-19(35-30(41)26-27(32)37-39-17-7-15-33-29(26)39)28-36-23-11-5-8-20(13-14-21-18-34-38-16-6-12-24(21)38)25(23)31(42)40(28)22-9-3-2-4-10-22/h2-5,7-11,15,17-19H,6,12,16H2,1H3,(H2,32,37)(H,35,41)/t19-/m0/s1. The molecular formula is C31H25N9O2. The molecule has 1 aliphatic heterocycles. The van der Waals surface area contributed by atoms with Gasteiger partial charge in [0.2, 0.25) is 0 Å². The predicted octanol–water partition coefficient (Wildman–Crippen LogP) is 3.04. The number of nitrogens with two attached hydrogens (primary N) is 1. The van der Waals surface area contributed by atoms with E-state index in [1.165, 1.54) is 9.08 Å². The summed E-state index contributed by atoms with van der Waals surface area (Å²) in [5, 5.41) is 11.9. The van der Waals surface area contributed by atoms with Crippen molar-refractivity contribution in [2.24, 2.45) is 0 Å². The van der Waals surface area contributed by atoms with Gasteiger partial charge in [0, 0.05) is 24.5 Å². The number of nitrogen functional groups attached to an aromatic ring is 1. The molecule has 42 heavy (non-hydrogen) atoms. The Bertz CT molecular complexity index is 2130. The van der Waals surface area contributed by atoms with Crippen LogP contribution in [0.2, 0.25) is 0 Å². The van der Waals surface area contributed by atoms with E-state index < -0.39 is 11.9 Å². The number of hydrogen-bond acceptors (Lipinski definition) is 7. The van der Waals surface area contributed by atoms with E-state index in [4.69, 9.17) is 10.7 Å². The van der Waals surface area contributed by atoms with Crippen LogP contribution in [-0.2, 0) is 13.0 Å². The highest BCUT2D eigenvalue weighted by Gasteiger charge is 2.25. The van der Waals surface area contributed by atoms with E-state index in [9.17, 15) is 9.59 Å². The summed E-state index contributed by atoms with van der Waals surface area (Å²) in [6.07, 6.45) is 7.00. The van der Waals surface area contributed by atoms with Crippen LogP contribution in [0, 0.1) is 11.8 Å². The molecule has 3 N–H and O–H groups in total. The Morgan fingerprint density at radius 3 is 2.76 bits per heavy atom. The zero-order valence-corrected chi connectivity index (χ0v) is 22.7. The molecule has 7 rings (SSSR count). The van der Waals surface area contributed by atoms with Gasteiger partial charge < -0.3 is 11.1 Å². The maximum Gasteiger partial charge on any atom is 0.267 e. The third kappa shape index (κ3) is 4.17. The van der Waals surface area contributed by atoms with Crippen LogP contribution in [0.25, 0.3) is 22.2 Å². The monoisotopic (exact) mass is 555 g/mol. The molecule has 4 aromatic heterocycles. The summed E-state index contributed by atoms with van der Waals surface area (Å²) in [6.45, 7) is 2.67. The predicted molar refractivity (Wildman–Crippen MR) is 157 cm³/mol. The molecule has 11 heteroatoms. The topological polar surface area (TPSA) is 138 Å². The van der Waals surface area contributed by atoms with Crippen molar-refractivity contribution in [3.63, 3.8) is 0 Å². The van der Waals surface area contributed by atoms with Crippen molar-refractivity contribution in [1.82, 2.24) is 39.2 Å². The highest BCUT2D eigenvalue weighted by atomic mass is 16.2. The van der Waals surface area contributed by atoms with Gasteiger partial charge in [0.1, 0.15) is 11.4 Å². The minimum atomic E-state index is -0.683. The SMILES string of the molecule is C[C@H](NC(=O)c1c(N)nn2cccnc12)c1nc2cccc(C#Cc3cnn4c3CCC4)c2c(=O)n1-c1ccccc1. The smallest absolute Gasteiger partial charge is 0.267 e. The summed E-state index contributed by atoms with van der Waals surface area (Å²) in [6, 6.07) is 15.6. The van der Waals surface area contributed by atoms with Crippen LogP contribution in [0.3, 0.4) is 0 Å². The number of benzene rings is 2. The number of fused-ring (bicyclic) bond motifs is 3. The highest BCUT2D eigenvalue weighted by Crippen LogP contribution is 2.23. The molecule has 5 heterocycles. The molecule has 0 unspecified atom stereocenters. The van der Waals surface area contributed by atoms with Gasteiger partial charge in [-0.15, -0.1) is 5.10 Å². The molecule has 1 aliphatic rings. The summed E-state index contributed by atoms with van der Waals surface area (Å²) in [7, 11) is 0. The fourth-order valence-corrected chi connectivity index (χ4v) is 5.43. The van der Waals surface area contributed by atoms with Gasteiger partial charge in [0.25, 0.3) is 11.5 Å². The quantitative estimate of drug-likeness (QED) is 0.319. The second-order valence-electron chi connectivity index (χ2n) is 10.1. The summed E-state index contributed by atoms with van der Waals surface area (Å²) < 4.78 is 4.95. The van der Waals surface area contributed by atoms with Crippen LogP contribution < -0.4 is 16.6 Å². The molecule has 1 atom stereocenters. The van der Waals surface area contributed by atoms with E-state index in [0.717, 1.165) is 30.6 Å². The molecule has 2 aromatic carbocycles. The molecule has 0 saturated heterocycles. The Morgan fingerprint density at radius 2 is 1.90 bits per heavy atom. The molecule has 6 aromatic rings. The fourth-order valence-electron chi connectivity index (χ4n) is 5.43. The molecule has 0 radical (unpaired) electrons. The molecule has 0 bridgehead atoms. The lowest BCUT2D eigenvalue weighted by molar-refractivity contribution is 0.0940. The number of nitrogens with one attached hydrogen (secondary N) is 1. The highest BCUT2D eigenvalue weighted by molar-refractivity contribution is 6.04. The number of amides is 1. The molecule has 0 aliphatic carbocycles. The van der Waals surface area contributed by atoms with Crippen LogP contribution >= 0.6 is 0 Å². The Hall–Kier alpha value is -5.76. The lowest BCUT2D eigenvalue weighted by Crippen LogP contribution is -2.33. The van der Waals surface area contributed by atoms with E-state index in [-0.39, 0.29) is 16.9 Å². The third-order valence-corrected chi connectivity index (χ3v) is 7.39. The Labute approximate surface area is 239 Å². The zero-order valence-electron chi connectivity index (χ0n) is 22.7. The van der Waals surface area contributed by atoms with Crippen LogP contribution in [0.15, 0.2) is 78.0 Å². The maximum absolute atomic E-state index is 14.2. The minimum absolute atomic E-state index is 0.0533. The van der Waals surface area contributed by atoms with E-state index in [1.54, 1.807) is 37.6 Å². The first-order valence-corrected chi connectivity index (χ1v) is 13.6. The largest absolute Gasteiger partial charge is 0.381 e. The molecule has 0 saturated carbocycles. The number of carbonyl (C=O) groups is 1. The van der Waals surface area contributed by atoms with Crippen molar-refractivity contribution in [3.05, 3.63) is 112 Å². The van der Waals surface area contributed by atoms with Gasteiger partial charge in [0.15, 0.2) is 11.5 Å². The van der Waals surface area contributed by atoms with Crippen molar-refractivity contribution < 1.29 is 4.79 Å². The van der Waals surface area contributed by atoms with Gasteiger partial charge >= 0.3 is 0 Å². The van der Waals surface area contributed by atoms with Crippen LogP contribution in [0.5, 0.6) is 0 Å². The van der Waals surface area contributed by atoms with Crippen LogP contribution in [0.1, 0.15) is 52.4 Å². The first-order chi connectivity index (χ1) is 20.5. The number of rotatable bonds is 4. The van der Waals surface area contributed by atoms with E-state index in [1.807, 2.05) is 47.1 Å². The molecule has 11 nitrogen and oxygen atoms in total.